The predicted molar refractivity (Wildman–Crippen MR) is 86.4 cm³/mol. The van der Waals surface area contributed by atoms with Gasteiger partial charge >= 0.3 is 0 Å². The van der Waals surface area contributed by atoms with E-state index in [1.807, 2.05) is 6.92 Å². The van der Waals surface area contributed by atoms with Crippen molar-refractivity contribution in [3.05, 3.63) is 0 Å². The Morgan fingerprint density at radius 2 is 1.86 bits per heavy atom. The molecule has 124 valence electrons. The minimum atomic E-state index is -3.28. The molecule has 0 aromatic rings. The third-order valence-electron chi connectivity index (χ3n) is 4.83. The van der Waals surface area contributed by atoms with Gasteiger partial charge in [-0.3, -0.25) is 0 Å². The minimum absolute atomic E-state index is 0.231. The first-order valence-electron chi connectivity index (χ1n) is 8.57. The highest BCUT2D eigenvalue weighted by Gasteiger charge is 2.37. The number of nitrogens with one attached hydrogen (secondary N) is 1. The lowest BCUT2D eigenvalue weighted by molar-refractivity contribution is 0.231. The number of nitrogens with zero attached hydrogens (tertiary/aromatic N) is 2. The highest BCUT2D eigenvalue weighted by atomic mass is 32.2. The van der Waals surface area contributed by atoms with Crippen LogP contribution in [0.3, 0.4) is 0 Å². The van der Waals surface area contributed by atoms with E-state index in [-0.39, 0.29) is 6.04 Å². The molecule has 2 fully saturated rings. The van der Waals surface area contributed by atoms with Crippen molar-refractivity contribution in [3.63, 3.8) is 0 Å². The molecular weight excluding hydrogens is 286 g/mol. The average Bonchev–Trinajstić information content (AvgIpc) is 3.00. The molecule has 1 saturated carbocycles. The molecule has 1 saturated heterocycles. The molecule has 0 bridgehead atoms. The van der Waals surface area contributed by atoms with Crippen LogP contribution in [0.2, 0.25) is 0 Å². The molecule has 1 atom stereocenters. The second-order valence-corrected chi connectivity index (χ2v) is 8.20. The number of hydrogen-bond donors (Lipinski definition) is 1. The zero-order valence-electron chi connectivity index (χ0n) is 13.6. The third kappa shape index (κ3) is 4.18. The van der Waals surface area contributed by atoms with E-state index < -0.39 is 10.2 Å². The van der Waals surface area contributed by atoms with Gasteiger partial charge < -0.3 is 5.32 Å². The summed E-state index contributed by atoms with van der Waals surface area (Å²) in [5.41, 5.74) is 0. The van der Waals surface area contributed by atoms with E-state index >= 15 is 0 Å². The molecule has 0 radical (unpaired) electrons. The monoisotopic (exact) mass is 317 g/mol. The first-order valence-corrected chi connectivity index (χ1v) is 9.96. The van der Waals surface area contributed by atoms with Gasteiger partial charge in [0.2, 0.25) is 0 Å². The van der Waals surface area contributed by atoms with Crippen LogP contribution in [0.4, 0.5) is 0 Å². The summed E-state index contributed by atoms with van der Waals surface area (Å²) < 4.78 is 29.4. The summed E-state index contributed by atoms with van der Waals surface area (Å²) >= 11 is 0. The summed E-state index contributed by atoms with van der Waals surface area (Å²) in [7, 11) is -3.28. The van der Waals surface area contributed by atoms with Crippen molar-refractivity contribution >= 4 is 10.2 Å². The summed E-state index contributed by atoms with van der Waals surface area (Å²) in [6.07, 6.45) is 6.51. The van der Waals surface area contributed by atoms with Gasteiger partial charge in [0.25, 0.3) is 10.2 Å². The van der Waals surface area contributed by atoms with Gasteiger partial charge in [0.05, 0.1) is 0 Å². The highest BCUT2D eigenvalue weighted by molar-refractivity contribution is 7.86. The van der Waals surface area contributed by atoms with E-state index in [0.29, 0.717) is 25.6 Å². The van der Waals surface area contributed by atoms with E-state index in [2.05, 4.69) is 12.2 Å². The molecule has 6 heteroatoms. The summed E-state index contributed by atoms with van der Waals surface area (Å²) in [4.78, 5) is 0. The lowest BCUT2D eigenvalue weighted by Crippen LogP contribution is -2.51. The third-order valence-corrected chi connectivity index (χ3v) is 6.96. The molecule has 1 N–H and O–H groups in total. The Morgan fingerprint density at radius 3 is 2.48 bits per heavy atom. The molecule has 21 heavy (non-hydrogen) atoms. The van der Waals surface area contributed by atoms with Crippen LogP contribution < -0.4 is 5.32 Å². The fraction of sp³-hybridized carbons (Fsp3) is 1.00. The number of rotatable bonds is 7. The second kappa shape index (κ2) is 7.90. The SMILES string of the molecule is CCNCC1CCCN(S(=O)(=O)N(CC)C2CCCC2)C1. The van der Waals surface area contributed by atoms with Crippen LogP contribution in [0.15, 0.2) is 0 Å². The van der Waals surface area contributed by atoms with Crippen LogP contribution in [0, 0.1) is 5.92 Å². The molecule has 0 amide bonds. The Labute approximate surface area is 130 Å². The fourth-order valence-electron chi connectivity index (χ4n) is 3.70. The largest absolute Gasteiger partial charge is 0.317 e. The summed E-state index contributed by atoms with van der Waals surface area (Å²) in [6, 6.07) is 0.231. The molecule has 2 rings (SSSR count). The molecule has 0 aromatic heterocycles. The van der Waals surface area contributed by atoms with E-state index in [4.69, 9.17) is 0 Å². The number of piperidine rings is 1. The lowest BCUT2D eigenvalue weighted by atomic mass is 10.00. The topological polar surface area (TPSA) is 52.7 Å². The Kier molecular flexibility index (Phi) is 6.47. The van der Waals surface area contributed by atoms with Gasteiger partial charge in [-0.25, -0.2) is 0 Å². The van der Waals surface area contributed by atoms with Crippen LogP contribution in [0.5, 0.6) is 0 Å². The predicted octanol–water partition coefficient (Wildman–Crippen LogP) is 1.82. The Balaban J connectivity index is 2.02. The molecule has 2 aliphatic rings. The number of hydrogen-bond acceptors (Lipinski definition) is 3. The maximum Gasteiger partial charge on any atom is 0.282 e. The van der Waals surface area contributed by atoms with Crippen molar-refractivity contribution in [2.75, 3.05) is 32.7 Å². The van der Waals surface area contributed by atoms with E-state index in [1.165, 1.54) is 12.8 Å². The van der Waals surface area contributed by atoms with E-state index in [9.17, 15) is 8.42 Å². The van der Waals surface area contributed by atoms with Gasteiger partial charge in [0.15, 0.2) is 0 Å². The van der Waals surface area contributed by atoms with Gasteiger partial charge in [-0.1, -0.05) is 26.7 Å². The van der Waals surface area contributed by atoms with Gasteiger partial charge in [0, 0.05) is 25.7 Å². The molecular formula is C15H31N3O2S. The summed E-state index contributed by atoms with van der Waals surface area (Å²) in [5, 5.41) is 3.35. The van der Waals surface area contributed by atoms with Crippen LogP contribution in [-0.4, -0.2) is 55.8 Å². The molecule has 0 aromatic carbocycles. The highest BCUT2D eigenvalue weighted by Crippen LogP contribution is 2.28. The summed E-state index contributed by atoms with van der Waals surface area (Å²) in [6.45, 7) is 7.91. The van der Waals surface area contributed by atoms with Crippen LogP contribution >= 0.6 is 0 Å². The smallest absolute Gasteiger partial charge is 0.282 e. The first kappa shape index (κ1) is 17.2. The zero-order chi connectivity index (χ0) is 15.3. The average molecular weight is 317 g/mol. The molecule has 1 heterocycles. The van der Waals surface area contributed by atoms with Gasteiger partial charge in [0.1, 0.15) is 0 Å². The maximum absolute atomic E-state index is 13.0. The minimum Gasteiger partial charge on any atom is -0.317 e. The molecule has 0 spiro atoms. The van der Waals surface area contributed by atoms with Gasteiger partial charge in [-0.15, -0.1) is 0 Å². The Morgan fingerprint density at radius 1 is 1.14 bits per heavy atom. The van der Waals surface area contributed by atoms with Crippen molar-refractivity contribution in [3.8, 4) is 0 Å². The Bertz CT molecular complexity index is 407. The van der Waals surface area contributed by atoms with Crippen LogP contribution in [-0.2, 0) is 10.2 Å². The van der Waals surface area contributed by atoms with Crippen LogP contribution in [0.25, 0.3) is 0 Å². The van der Waals surface area contributed by atoms with E-state index in [1.54, 1.807) is 8.61 Å². The van der Waals surface area contributed by atoms with Crippen molar-refractivity contribution in [2.45, 2.75) is 58.4 Å². The van der Waals surface area contributed by atoms with Crippen molar-refractivity contribution < 1.29 is 8.42 Å². The second-order valence-electron chi connectivity index (χ2n) is 6.32. The molecule has 5 nitrogen and oxygen atoms in total. The Hall–Kier alpha value is -0.170. The maximum atomic E-state index is 13.0. The van der Waals surface area contributed by atoms with Gasteiger partial charge in [-0.2, -0.15) is 17.0 Å². The van der Waals surface area contributed by atoms with Crippen molar-refractivity contribution in [1.29, 1.82) is 0 Å². The normalized spacial score (nSPS) is 25.8. The van der Waals surface area contributed by atoms with Gasteiger partial charge in [-0.05, 0) is 44.7 Å². The zero-order valence-corrected chi connectivity index (χ0v) is 14.4. The van der Waals surface area contributed by atoms with Crippen molar-refractivity contribution in [1.82, 2.24) is 13.9 Å². The van der Waals surface area contributed by atoms with Crippen LogP contribution in [0.1, 0.15) is 52.4 Å². The van der Waals surface area contributed by atoms with Crippen molar-refractivity contribution in [2.24, 2.45) is 5.92 Å². The lowest BCUT2D eigenvalue weighted by Gasteiger charge is -2.37. The standard InChI is InChI=1S/C15H31N3O2S/c1-3-16-12-14-8-7-11-17(13-14)21(19,20)18(4-2)15-9-5-6-10-15/h14-16H,3-13H2,1-2H3. The fourth-order valence-corrected chi connectivity index (χ4v) is 5.67. The molecule has 1 aliphatic heterocycles. The first-order chi connectivity index (χ1) is 10.1. The van der Waals surface area contributed by atoms with E-state index in [0.717, 1.165) is 38.8 Å². The summed E-state index contributed by atoms with van der Waals surface area (Å²) in [5.74, 6) is 0.454. The molecule has 1 unspecified atom stereocenters. The quantitative estimate of drug-likeness (QED) is 0.779. The molecule has 1 aliphatic carbocycles.